The molecule has 1 unspecified atom stereocenters. The van der Waals surface area contributed by atoms with E-state index in [4.69, 9.17) is 5.11 Å². The van der Waals surface area contributed by atoms with Gasteiger partial charge in [-0.05, 0) is 19.4 Å². The minimum absolute atomic E-state index is 0.139. The van der Waals surface area contributed by atoms with E-state index in [1.807, 2.05) is 0 Å². The molecule has 0 spiro atoms. The highest BCUT2D eigenvalue weighted by Gasteiger charge is 2.75. The Morgan fingerprint density at radius 3 is 2.43 bits per heavy atom. The fourth-order valence-corrected chi connectivity index (χ4v) is 4.00. The summed E-state index contributed by atoms with van der Waals surface area (Å²) >= 11 is 0. The molecule has 5 N–H and O–H groups in total. The molecule has 116 valence electrons. The predicted molar refractivity (Wildman–Crippen MR) is 68.3 cm³/mol. The molecule has 0 radical (unpaired) electrons. The largest absolute Gasteiger partial charge is 0.481 e. The van der Waals surface area contributed by atoms with Crippen molar-refractivity contribution in [3.05, 3.63) is 0 Å². The van der Waals surface area contributed by atoms with Crippen LogP contribution >= 0.6 is 0 Å². The van der Waals surface area contributed by atoms with Gasteiger partial charge in [0.05, 0.1) is 18.1 Å². The summed E-state index contributed by atoms with van der Waals surface area (Å²) in [5, 5.41) is 34.1. The van der Waals surface area contributed by atoms with E-state index in [9.17, 15) is 24.6 Å². The molecule has 3 fully saturated rings. The maximum Gasteiger partial charge on any atom is 0.329 e. The zero-order valence-corrected chi connectivity index (χ0v) is 11.3. The number of aliphatic carboxylic acids is 2. The Bertz CT molecular complexity index is 503. The van der Waals surface area contributed by atoms with Gasteiger partial charge in [-0.3, -0.25) is 9.59 Å². The van der Waals surface area contributed by atoms with E-state index in [1.54, 1.807) is 0 Å². The lowest BCUT2D eigenvalue weighted by molar-refractivity contribution is -0.151. The number of amides is 1. The first-order chi connectivity index (χ1) is 9.88. The molecule has 3 rings (SSSR count). The van der Waals surface area contributed by atoms with E-state index in [2.05, 4.69) is 10.6 Å². The van der Waals surface area contributed by atoms with Gasteiger partial charge in [0, 0.05) is 18.3 Å². The number of aliphatic hydroxyl groups excluding tert-OH is 1. The van der Waals surface area contributed by atoms with Gasteiger partial charge in [-0.15, -0.1) is 0 Å². The summed E-state index contributed by atoms with van der Waals surface area (Å²) in [6.07, 6.45) is 0.314. The van der Waals surface area contributed by atoms with Gasteiger partial charge in [-0.25, -0.2) is 4.79 Å². The molecule has 1 amide bonds. The second-order valence-corrected chi connectivity index (χ2v) is 6.15. The van der Waals surface area contributed by atoms with Gasteiger partial charge in [-0.1, -0.05) is 0 Å². The monoisotopic (exact) mass is 298 g/mol. The zero-order chi connectivity index (χ0) is 15.4. The van der Waals surface area contributed by atoms with Crippen molar-refractivity contribution in [2.75, 3.05) is 6.54 Å². The third-order valence-corrected chi connectivity index (χ3v) is 5.01. The Hall–Kier alpha value is -1.67. The van der Waals surface area contributed by atoms with Crippen molar-refractivity contribution < 1.29 is 29.7 Å². The highest BCUT2D eigenvalue weighted by molar-refractivity contribution is 5.92. The Morgan fingerprint density at radius 1 is 1.24 bits per heavy atom. The van der Waals surface area contributed by atoms with Crippen LogP contribution in [0.4, 0.5) is 0 Å². The molecular formula is C13H18N2O6. The lowest BCUT2D eigenvalue weighted by atomic mass is 9.89. The number of aliphatic hydroxyl groups is 1. The molecule has 1 aliphatic heterocycles. The SMILES string of the molecule is O=C(N[C@@]1(C(=O)O)C[C@H](O)[C@H]2[C@H](C(=O)O)[C@H]21)C1CCCN1. The zero-order valence-electron chi connectivity index (χ0n) is 11.3. The number of fused-ring (bicyclic) bond motifs is 1. The van der Waals surface area contributed by atoms with E-state index >= 15 is 0 Å². The number of nitrogens with one attached hydrogen (secondary N) is 2. The summed E-state index contributed by atoms with van der Waals surface area (Å²) < 4.78 is 0. The predicted octanol–water partition coefficient (Wildman–Crippen LogP) is -1.61. The van der Waals surface area contributed by atoms with Gasteiger partial charge in [0.15, 0.2) is 0 Å². The van der Waals surface area contributed by atoms with Crippen LogP contribution in [0.15, 0.2) is 0 Å². The van der Waals surface area contributed by atoms with E-state index in [-0.39, 0.29) is 6.42 Å². The van der Waals surface area contributed by atoms with Gasteiger partial charge >= 0.3 is 11.9 Å². The maximum absolute atomic E-state index is 12.2. The van der Waals surface area contributed by atoms with Gasteiger partial charge in [0.1, 0.15) is 5.54 Å². The van der Waals surface area contributed by atoms with Crippen molar-refractivity contribution in [1.29, 1.82) is 0 Å². The van der Waals surface area contributed by atoms with Gasteiger partial charge in [0.25, 0.3) is 0 Å². The van der Waals surface area contributed by atoms with Crippen LogP contribution in [0.25, 0.3) is 0 Å². The molecule has 0 aromatic heterocycles. The summed E-state index contributed by atoms with van der Waals surface area (Å²) in [6.45, 7) is 0.699. The summed E-state index contributed by atoms with van der Waals surface area (Å²) in [5.74, 6) is -5.06. The topological polar surface area (TPSA) is 136 Å². The van der Waals surface area contributed by atoms with E-state index < -0.39 is 53.3 Å². The first kappa shape index (κ1) is 14.3. The summed E-state index contributed by atoms with van der Waals surface area (Å²) in [7, 11) is 0. The lowest BCUT2D eigenvalue weighted by Gasteiger charge is -2.30. The molecule has 0 bridgehead atoms. The Balaban J connectivity index is 1.82. The standard InChI is InChI=1S/C13H18N2O6/c16-6-4-13(12(20)21,9-7(6)8(9)11(18)19)15-10(17)5-2-1-3-14-5/h5-9,14,16H,1-4H2,(H,15,17)(H,18,19)(H,20,21)/t5?,6-,7-,8-,9-,13-/m0/s1. The number of carbonyl (C=O) groups excluding carboxylic acids is 1. The molecule has 1 saturated heterocycles. The molecule has 1 heterocycles. The lowest BCUT2D eigenvalue weighted by Crippen LogP contribution is -2.59. The molecule has 8 nitrogen and oxygen atoms in total. The van der Waals surface area contributed by atoms with Crippen LogP contribution in [0.3, 0.4) is 0 Å². The van der Waals surface area contributed by atoms with Crippen LogP contribution in [-0.4, -0.2) is 57.4 Å². The molecule has 0 aromatic rings. The van der Waals surface area contributed by atoms with Crippen LogP contribution in [-0.2, 0) is 14.4 Å². The molecule has 3 aliphatic rings. The van der Waals surface area contributed by atoms with Gasteiger partial charge in [-0.2, -0.15) is 0 Å². The third-order valence-electron chi connectivity index (χ3n) is 5.01. The average molecular weight is 298 g/mol. The number of carboxylic acid groups (broad SMARTS) is 2. The first-order valence-corrected chi connectivity index (χ1v) is 7.08. The van der Waals surface area contributed by atoms with Crippen molar-refractivity contribution in [1.82, 2.24) is 10.6 Å². The van der Waals surface area contributed by atoms with Crippen molar-refractivity contribution in [2.24, 2.45) is 17.8 Å². The molecule has 2 saturated carbocycles. The van der Waals surface area contributed by atoms with Crippen LogP contribution in [0.5, 0.6) is 0 Å². The average Bonchev–Trinajstić information content (AvgIpc) is 2.79. The maximum atomic E-state index is 12.2. The van der Waals surface area contributed by atoms with Gasteiger partial charge in [0.2, 0.25) is 5.91 Å². The van der Waals surface area contributed by atoms with Crippen LogP contribution in [0, 0.1) is 17.8 Å². The quantitative estimate of drug-likeness (QED) is 0.421. The van der Waals surface area contributed by atoms with Crippen molar-refractivity contribution >= 4 is 17.8 Å². The first-order valence-electron chi connectivity index (χ1n) is 7.08. The second-order valence-electron chi connectivity index (χ2n) is 6.15. The molecule has 8 heteroatoms. The molecule has 6 atom stereocenters. The Labute approximate surface area is 120 Å². The van der Waals surface area contributed by atoms with Crippen molar-refractivity contribution in [3.63, 3.8) is 0 Å². The van der Waals surface area contributed by atoms with Crippen LogP contribution in [0.1, 0.15) is 19.3 Å². The number of hydrogen-bond acceptors (Lipinski definition) is 5. The third kappa shape index (κ3) is 2.01. The minimum Gasteiger partial charge on any atom is -0.481 e. The highest BCUT2D eigenvalue weighted by atomic mass is 16.4. The summed E-state index contributed by atoms with van der Waals surface area (Å²) in [6, 6.07) is -0.445. The summed E-state index contributed by atoms with van der Waals surface area (Å²) in [4.78, 5) is 35.0. The molecule has 0 aromatic carbocycles. The van der Waals surface area contributed by atoms with Crippen molar-refractivity contribution in [3.8, 4) is 0 Å². The molecule has 2 aliphatic carbocycles. The van der Waals surface area contributed by atoms with Gasteiger partial charge < -0.3 is 26.0 Å². The minimum atomic E-state index is -1.67. The number of carboxylic acids is 2. The molecular weight excluding hydrogens is 280 g/mol. The van der Waals surface area contributed by atoms with E-state index in [0.717, 1.165) is 6.42 Å². The normalized spacial score (nSPS) is 44.1. The molecule has 21 heavy (non-hydrogen) atoms. The Kier molecular flexibility index (Phi) is 3.18. The van der Waals surface area contributed by atoms with Crippen LogP contribution in [0.2, 0.25) is 0 Å². The van der Waals surface area contributed by atoms with E-state index in [1.165, 1.54) is 0 Å². The number of hydrogen-bond donors (Lipinski definition) is 5. The fraction of sp³-hybridized carbons (Fsp3) is 0.769. The second kappa shape index (κ2) is 4.67. The van der Waals surface area contributed by atoms with E-state index in [0.29, 0.717) is 13.0 Å². The highest BCUT2D eigenvalue weighted by Crippen LogP contribution is 2.62. The number of rotatable bonds is 4. The smallest absolute Gasteiger partial charge is 0.329 e. The van der Waals surface area contributed by atoms with Crippen LogP contribution < -0.4 is 10.6 Å². The Morgan fingerprint density at radius 2 is 1.95 bits per heavy atom. The number of carbonyl (C=O) groups is 3. The fourth-order valence-electron chi connectivity index (χ4n) is 4.00. The van der Waals surface area contributed by atoms with Crippen molar-refractivity contribution in [2.45, 2.75) is 36.9 Å². The summed E-state index contributed by atoms with van der Waals surface area (Å²) in [5.41, 5.74) is -1.67.